The average Bonchev–Trinajstić information content (AvgIpc) is 2.85. The molecule has 1 N–H and O–H groups in total. The molecule has 1 aliphatic carbocycles. The van der Waals surface area contributed by atoms with Gasteiger partial charge in [0.2, 0.25) is 5.88 Å². The first kappa shape index (κ1) is 21.6. The van der Waals surface area contributed by atoms with Crippen LogP contribution < -0.4 is 5.56 Å². The Morgan fingerprint density at radius 2 is 1.44 bits per heavy atom. The zero-order valence-electron chi connectivity index (χ0n) is 18.3. The molecule has 3 aromatic carbocycles. The third-order valence-corrected chi connectivity index (χ3v) is 6.16. The predicted octanol–water partition coefficient (Wildman–Crippen LogP) is 5.51. The second-order valence-electron chi connectivity index (χ2n) is 8.01. The molecule has 1 heterocycles. The van der Waals surface area contributed by atoms with Crippen molar-refractivity contribution in [1.82, 2.24) is 9.13 Å². The zero-order chi connectivity index (χ0) is 23.8. The molecule has 1 aromatic heterocycles. The standard InChI is InChI=1S/C28H20N2O3S/c1-18-11-14-21(15-12-18)30-27(33)24(26(32)29(28(30)34)20-8-3-2-4-9-20)17-23-22-10-6-5-7-19(22)13-16-25(23)31/h2-17,33H,1H3. The molecule has 4 aromatic rings. The van der Waals surface area contributed by atoms with Crippen molar-refractivity contribution in [2.45, 2.75) is 6.92 Å². The monoisotopic (exact) mass is 464 g/mol. The molecule has 1 aliphatic rings. The number of benzene rings is 3. The van der Waals surface area contributed by atoms with E-state index in [9.17, 15) is 14.7 Å². The molecule has 0 saturated carbocycles. The van der Waals surface area contributed by atoms with E-state index >= 15 is 0 Å². The highest BCUT2D eigenvalue weighted by atomic mass is 32.1. The van der Waals surface area contributed by atoms with E-state index in [0.29, 0.717) is 22.5 Å². The Morgan fingerprint density at radius 3 is 2.18 bits per heavy atom. The van der Waals surface area contributed by atoms with Crippen LogP contribution in [0.4, 0.5) is 0 Å². The zero-order valence-corrected chi connectivity index (χ0v) is 19.1. The number of carbonyl (C=O) groups is 1. The van der Waals surface area contributed by atoms with Crippen LogP contribution in [0.25, 0.3) is 29.1 Å². The van der Waals surface area contributed by atoms with Gasteiger partial charge in [-0.2, -0.15) is 0 Å². The van der Waals surface area contributed by atoms with Crippen molar-refractivity contribution in [3.8, 4) is 17.3 Å². The normalized spacial score (nSPS) is 13.8. The summed E-state index contributed by atoms with van der Waals surface area (Å²) in [4.78, 5) is 26.5. The number of aryl methyl sites for hydroxylation is 1. The van der Waals surface area contributed by atoms with Crippen molar-refractivity contribution in [2.24, 2.45) is 0 Å². The topological polar surface area (TPSA) is 64.2 Å². The lowest BCUT2D eigenvalue weighted by molar-refractivity contribution is -0.109. The van der Waals surface area contributed by atoms with Gasteiger partial charge in [0, 0.05) is 5.57 Å². The molecule has 6 heteroatoms. The van der Waals surface area contributed by atoms with E-state index in [2.05, 4.69) is 0 Å². The van der Waals surface area contributed by atoms with Crippen LogP contribution in [0.3, 0.4) is 0 Å². The second kappa shape index (κ2) is 8.57. The number of hydrogen-bond acceptors (Lipinski definition) is 4. The van der Waals surface area contributed by atoms with Crippen molar-refractivity contribution in [2.75, 3.05) is 0 Å². The maximum atomic E-state index is 13.7. The number of aromatic nitrogens is 2. The van der Waals surface area contributed by atoms with Gasteiger partial charge < -0.3 is 5.11 Å². The lowest BCUT2D eigenvalue weighted by atomic mass is 9.90. The van der Waals surface area contributed by atoms with Gasteiger partial charge in [0.25, 0.3) is 5.56 Å². The molecule has 0 amide bonds. The van der Waals surface area contributed by atoms with E-state index in [1.165, 1.54) is 21.3 Å². The number of hydrogen-bond donors (Lipinski definition) is 1. The van der Waals surface area contributed by atoms with Crippen LogP contribution in [-0.2, 0) is 4.79 Å². The van der Waals surface area contributed by atoms with Crippen LogP contribution in [0.15, 0.2) is 89.7 Å². The first-order valence-electron chi connectivity index (χ1n) is 10.7. The predicted molar refractivity (Wildman–Crippen MR) is 137 cm³/mol. The lowest BCUT2D eigenvalue weighted by Gasteiger charge is -2.18. The van der Waals surface area contributed by atoms with Crippen LogP contribution in [0, 0.1) is 11.7 Å². The maximum Gasteiger partial charge on any atom is 0.270 e. The van der Waals surface area contributed by atoms with Crippen molar-refractivity contribution < 1.29 is 9.90 Å². The fourth-order valence-corrected chi connectivity index (χ4v) is 4.42. The van der Waals surface area contributed by atoms with E-state index in [1.807, 2.05) is 73.7 Å². The molecule has 166 valence electrons. The fourth-order valence-electron chi connectivity index (χ4n) is 4.04. The summed E-state index contributed by atoms with van der Waals surface area (Å²) >= 11 is 5.68. The molecule has 0 radical (unpaired) electrons. The number of ketones is 1. The number of para-hydroxylation sites is 1. The summed E-state index contributed by atoms with van der Waals surface area (Å²) in [6.07, 6.45) is 4.67. The number of rotatable bonds is 3. The smallest absolute Gasteiger partial charge is 0.270 e. The van der Waals surface area contributed by atoms with Crippen molar-refractivity contribution in [1.29, 1.82) is 0 Å². The molecule has 0 saturated heterocycles. The van der Waals surface area contributed by atoms with Crippen molar-refractivity contribution in [3.63, 3.8) is 0 Å². The molecule has 34 heavy (non-hydrogen) atoms. The number of allylic oxidation sites excluding steroid dienone is 2. The van der Waals surface area contributed by atoms with Crippen LogP contribution in [0.5, 0.6) is 5.88 Å². The Balaban J connectivity index is 1.86. The molecule has 0 atom stereocenters. The Hall–Kier alpha value is -4.29. The molecule has 0 spiro atoms. The van der Waals surface area contributed by atoms with Gasteiger partial charge in [-0.15, -0.1) is 0 Å². The lowest BCUT2D eigenvalue weighted by Crippen LogP contribution is -2.26. The summed E-state index contributed by atoms with van der Waals surface area (Å²) in [5, 5.41) is 11.3. The molecule has 5 rings (SSSR count). The van der Waals surface area contributed by atoms with Crippen LogP contribution in [0.2, 0.25) is 0 Å². The number of carbonyl (C=O) groups excluding carboxylic acids is 1. The van der Waals surface area contributed by atoms with Crippen LogP contribution >= 0.6 is 12.2 Å². The number of fused-ring (bicyclic) bond motifs is 1. The average molecular weight is 465 g/mol. The largest absolute Gasteiger partial charge is 0.494 e. The minimum absolute atomic E-state index is 0.0218. The summed E-state index contributed by atoms with van der Waals surface area (Å²) in [7, 11) is 0. The first-order valence-corrected chi connectivity index (χ1v) is 11.1. The Bertz CT molecular complexity index is 1610. The van der Waals surface area contributed by atoms with E-state index in [4.69, 9.17) is 12.2 Å². The highest BCUT2D eigenvalue weighted by Gasteiger charge is 2.22. The second-order valence-corrected chi connectivity index (χ2v) is 8.37. The Kier molecular flexibility index (Phi) is 5.43. The summed E-state index contributed by atoms with van der Waals surface area (Å²) < 4.78 is 2.94. The maximum absolute atomic E-state index is 13.7. The van der Waals surface area contributed by atoms with Gasteiger partial charge >= 0.3 is 0 Å². The number of aromatic hydroxyl groups is 1. The summed E-state index contributed by atoms with van der Waals surface area (Å²) in [6.45, 7) is 1.96. The van der Waals surface area contributed by atoms with Crippen molar-refractivity contribution >= 4 is 35.7 Å². The minimum Gasteiger partial charge on any atom is -0.494 e. The molecule has 0 aliphatic heterocycles. The quantitative estimate of drug-likeness (QED) is 0.321. The number of nitrogens with zero attached hydrogens (tertiary/aromatic N) is 2. The van der Waals surface area contributed by atoms with Crippen molar-refractivity contribution in [3.05, 3.63) is 122 Å². The van der Waals surface area contributed by atoms with E-state index in [-0.39, 0.29) is 22.0 Å². The van der Waals surface area contributed by atoms with Gasteiger partial charge in [-0.05, 0) is 66.7 Å². The van der Waals surface area contributed by atoms with E-state index in [0.717, 1.165) is 11.1 Å². The third kappa shape index (κ3) is 3.64. The molecule has 0 unspecified atom stereocenters. The van der Waals surface area contributed by atoms with Gasteiger partial charge in [-0.25, -0.2) is 0 Å². The van der Waals surface area contributed by atoms with Crippen LogP contribution in [0.1, 0.15) is 22.3 Å². The first-order chi connectivity index (χ1) is 16.5. The highest BCUT2D eigenvalue weighted by Crippen LogP contribution is 2.31. The molecule has 5 nitrogen and oxygen atoms in total. The van der Waals surface area contributed by atoms with Gasteiger partial charge in [-0.1, -0.05) is 66.2 Å². The Morgan fingerprint density at radius 1 is 0.794 bits per heavy atom. The molecular formula is C28H20N2O3S. The molecular weight excluding hydrogens is 444 g/mol. The third-order valence-electron chi connectivity index (χ3n) is 5.79. The van der Waals surface area contributed by atoms with Crippen LogP contribution in [-0.4, -0.2) is 20.0 Å². The fraction of sp³-hybridized carbons (Fsp3) is 0.0357. The summed E-state index contributed by atoms with van der Waals surface area (Å²) in [6, 6.07) is 23.9. The summed E-state index contributed by atoms with van der Waals surface area (Å²) in [5.74, 6) is -0.563. The highest BCUT2D eigenvalue weighted by molar-refractivity contribution is 7.71. The minimum atomic E-state index is -0.510. The van der Waals surface area contributed by atoms with E-state index in [1.54, 1.807) is 18.2 Å². The Labute approximate surface area is 201 Å². The van der Waals surface area contributed by atoms with E-state index < -0.39 is 5.56 Å². The SMILES string of the molecule is Cc1ccc(-n2c(O)c(C=C3C(=O)C=Cc4ccccc43)c(=O)n(-c3ccccc3)c2=S)cc1. The molecule has 0 bridgehead atoms. The summed E-state index contributed by atoms with van der Waals surface area (Å²) in [5.41, 5.74) is 3.58. The van der Waals surface area contributed by atoms with Gasteiger partial charge in [0.15, 0.2) is 10.6 Å². The van der Waals surface area contributed by atoms with Gasteiger partial charge in [-0.3, -0.25) is 18.7 Å². The molecule has 0 fully saturated rings. The van der Waals surface area contributed by atoms with Gasteiger partial charge in [0.05, 0.1) is 11.4 Å². The van der Waals surface area contributed by atoms with Gasteiger partial charge in [0.1, 0.15) is 5.56 Å².